The van der Waals surface area contributed by atoms with Crippen LogP contribution < -0.4 is 0 Å². The molecule has 1 aliphatic rings. The Morgan fingerprint density at radius 3 is 2.67 bits per heavy atom. The first-order valence-electron chi connectivity index (χ1n) is 5.27. The molecule has 2 N–H and O–H groups in total. The third kappa shape index (κ3) is 3.98. The lowest BCUT2D eigenvalue weighted by atomic mass is 10.1. The molecule has 18 heavy (non-hydrogen) atoms. The average Bonchev–Trinajstić information content (AvgIpc) is 2.73. The van der Waals surface area contributed by atoms with E-state index in [1.54, 1.807) is 0 Å². The van der Waals surface area contributed by atoms with E-state index >= 15 is 0 Å². The molecule has 0 saturated carbocycles. The van der Waals surface area contributed by atoms with Gasteiger partial charge in [-0.15, -0.1) is 11.8 Å². The van der Waals surface area contributed by atoms with Gasteiger partial charge in [-0.1, -0.05) is 6.92 Å². The van der Waals surface area contributed by atoms with Gasteiger partial charge in [0.1, 0.15) is 6.04 Å². The monoisotopic (exact) mass is 297 g/mol. The maximum absolute atomic E-state index is 12.0. The van der Waals surface area contributed by atoms with Crippen LogP contribution in [0.1, 0.15) is 6.92 Å². The number of amides is 1. The van der Waals surface area contributed by atoms with E-state index in [0.29, 0.717) is 11.6 Å². The zero-order valence-electron chi connectivity index (χ0n) is 10.1. The summed E-state index contributed by atoms with van der Waals surface area (Å²) < 4.78 is 15.5. The Morgan fingerprint density at radius 2 is 2.17 bits per heavy atom. The molecule has 0 aromatic carbocycles. The van der Waals surface area contributed by atoms with Gasteiger partial charge in [0.15, 0.2) is 0 Å². The van der Waals surface area contributed by atoms with Gasteiger partial charge >= 0.3 is 13.6 Å². The highest BCUT2D eigenvalue weighted by Crippen LogP contribution is 2.37. The predicted molar refractivity (Wildman–Crippen MR) is 66.1 cm³/mol. The third-order valence-corrected chi connectivity index (χ3v) is 4.61. The molecule has 1 aliphatic heterocycles. The summed E-state index contributed by atoms with van der Waals surface area (Å²) >= 11 is 1.41. The molecule has 0 aromatic rings. The average molecular weight is 297 g/mol. The molecule has 0 spiro atoms. The van der Waals surface area contributed by atoms with Crippen LogP contribution in [-0.4, -0.2) is 57.5 Å². The minimum Gasteiger partial charge on any atom is -0.467 e. The fourth-order valence-electron chi connectivity index (χ4n) is 1.71. The number of rotatable bonds is 4. The molecule has 1 amide bonds. The maximum Gasteiger partial charge on any atom is 0.329 e. The van der Waals surface area contributed by atoms with Crippen molar-refractivity contribution in [2.75, 3.05) is 24.9 Å². The highest BCUT2D eigenvalue weighted by atomic mass is 32.2. The fourth-order valence-corrected chi connectivity index (χ4v) is 3.73. The summed E-state index contributed by atoms with van der Waals surface area (Å²) in [5.74, 6) is -0.974. The van der Waals surface area contributed by atoms with Crippen LogP contribution in [0.3, 0.4) is 0 Å². The number of nitrogens with zero attached hydrogens (tertiary/aromatic N) is 1. The molecule has 104 valence electrons. The first kappa shape index (κ1) is 15.5. The molecule has 2 unspecified atom stereocenters. The summed E-state index contributed by atoms with van der Waals surface area (Å²) in [7, 11) is -2.99. The number of ether oxygens (including phenoxy) is 1. The second-order valence-electron chi connectivity index (χ2n) is 4.10. The van der Waals surface area contributed by atoms with Crippen LogP contribution in [-0.2, 0) is 18.9 Å². The van der Waals surface area contributed by atoms with Gasteiger partial charge in [0.05, 0.1) is 19.1 Å². The van der Waals surface area contributed by atoms with Gasteiger partial charge in [-0.25, -0.2) is 4.79 Å². The lowest BCUT2D eigenvalue weighted by Gasteiger charge is -2.25. The van der Waals surface area contributed by atoms with Gasteiger partial charge in [0.25, 0.3) is 0 Å². The molecule has 9 heteroatoms. The van der Waals surface area contributed by atoms with Crippen molar-refractivity contribution in [3.63, 3.8) is 0 Å². The van der Waals surface area contributed by atoms with Crippen molar-refractivity contribution in [3.8, 4) is 0 Å². The van der Waals surface area contributed by atoms with Crippen molar-refractivity contribution < 1.29 is 28.7 Å². The molecule has 1 fully saturated rings. The smallest absolute Gasteiger partial charge is 0.329 e. The van der Waals surface area contributed by atoms with Crippen molar-refractivity contribution in [3.05, 3.63) is 0 Å². The van der Waals surface area contributed by atoms with Gasteiger partial charge in [-0.2, -0.15) is 0 Å². The molecule has 2 atom stereocenters. The van der Waals surface area contributed by atoms with E-state index in [1.807, 2.05) is 0 Å². The van der Waals surface area contributed by atoms with Gasteiger partial charge < -0.3 is 19.4 Å². The second kappa shape index (κ2) is 6.06. The van der Waals surface area contributed by atoms with Crippen molar-refractivity contribution >= 4 is 31.2 Å². The molecule has 1 saturated heterocycles. The summed E-state index contributed by atoms with van der Waals surface area (Å²) in [4.78, 5) is 42.5. The predicted octanol–water partition coefficient (Wildman–Crippen LogP) is -0.125. The van der Waals surface area contributed by atoms with Crippen LogP contribution >= 0.6 is 19.4 Å². The summed E-state index contributed by atoms with van der Waals surface area (Å²) in [6, 6.07) is -0.660. The lowest BCUT2D eigenvalue weighted by molar-refractivity contribution is -0.151. The Balaban J connectivity index is 2.71. The van der Waals surface area contributed by atoms with E-state index < -0.39 is 37.6 Å². The van der Waals surface area contributed by atoms with E-state index in [1.165, 1.54) is 30.7 Å². The van der Waals surface area contributed by atoms with E-state index in [0.717, 1.165) is 0 Å². The normalized spacial score (nSPS) is 21.8. The third-order valence-electron chi connectivity index (χ3n) is 2.57. The molecule has 1 heterocycles. The Bertz CT molecular complexity index is 383. The highest BCUT2D eigenvalue weighted by molar-refractivity contribution is 7.99. The van der Waals surface area contributed by atoms with Crippen molar-refractivity contribution in [2.45, 2.75) is 13.0 Å². The van der Waals surface area contributed by atoms with Crippen LogP contribution in [0.25, 0.3) is 0 Å². The molecule has 0 aliphatic carbocycles. The zero-order chi connectivity index (χ0) is 13.9. The Morgan fingerprint density at radius 1 is 1.56 bits per heavy atom. The van der Waals surface area contributed by atoms with Crippen LogP contribution in [0.5, 0.6) is 0 Å². The van der Waals surface area contributed by atoms with Crippen LogP contribution in [0.4, 0.5) is 0 Å². The fraction of sp³-hybridized carbons (Fsp3) is 0.778. The molecule has 0 aromatic heterocycles. The first-order valence-corrected chi connectivity index (χ1v) is 8.22. The first-order chi connectivity index (χ1) is 8.26. The lowest BCUT2D eigenvalue weighted by Crippen LogP contribution is -2.45. The van der Waals surface area contributed by atoms with Gasteiger partial charge in [-0.05, 0) is 0 Å². The number of hydrogen-bond acceptors (Lipinski definition) is 5. The quantitative estimate of drug-likeness (QED) is 0.550. The molecule has 0 radical (unpaired) electrons. The van der Waals surface area contributed by atoms with Crippen molar-refractivity contribution in [2.24, 2.45) is 5.92 Å². The van der Waals surface area contributed by atoms with Crippen LogP contribution in [0, 0.1) is 5.92 Å². The summed E-state index contributed by atoms with van der Waals surface area (Å²) in [6.45, 7) is 1.44. The number of carbonyl (C=O) groups is 2. The molecular weight excluding hydrogens is 281 g/mol. The number of esters is 1. The molecule has 0 bridgehead atoms. The summed E-state index contributed by atoms with van der Waals surface area (Å²) in [6.07, 6.45) is -0.513. The van der Waals surface area contributed by atoms with E-state index in [4.69, 9.17) is 9.79 Å². The van der Waals surface area contributed by atoms with Crippen LogP contribution in [0.2, 0.25) is 0 Å². The molecule has 7 nitrogen and oxygen atoms in total. The van der Waals surface area contributed by atoms with E-state index in [9.17, 15) is 14.2 Å². The topological polar surface area (TPSA) is 104 Å². The maximum atomic E-state index is 12.0. The summed E-state index contributed by atoms with van der Waals surface area (Å²) in [5, 5.41) is 0. The standard InChI is InChI=1S/C9H16NO6PS/c1-6(3-17(13,14)15)8(11)10-5-18-4-7(10)9(12)16-2/h6-7H,3-5H2,1-2H3,(H2,13,14,15). The molecular formula is C9H16NO6PS. The van der Waals surface area contributed by atoms with Gasteiger partial charge in [-0.3, -0.25) is 9.36 Å². The molecule has 1 rings (SSSR count). The minimum atomic E-state index is -4.24. The largest absolute Gasteiger partial charge is 0.467 e. The number of carbonyl (C=O) groups excluding carboxylic acids is 2. The van der Waals surface area contributed by atoms with Crippen LogP contribution in [0.15, 0.2) is 0 Å². The Kier molecular flexibility index (Phi) is 5.21. The van der Waals surface area contributed by atoms with E-state index in [-0.39, 0.29) is 0 Å². The zero-order valence-corrected chi connectivity index (χ0v) is 11.8. The Hall–Kier alpha value is -0.560. The minimum absolute atomic E-state index is 0.337. The number of hydrogen-bond donors (Lipinski definition) is 2. The SMILES string of the molecule is COC(=O)C1CSCN1C(=O)C(C)CP(=O)(O)O. The van der Waals surface area contributed by atoms with Gasteiger partial charge in [0.2, 0.25) is 5.91 Å². The number of thioether (sulfide) groups is 1. The van der Waals surface area contributed by atoms with Crippen molar-refractivity contribution in [1.29, 1.82) is 0 Å². The second-order valence-corrected chi connectivity index (χ2v) is 6.79. The van der Waals surface area contributed by atoms with E-state index in [2.05, 4.69) is 4.74 Å². The highest BCUT2D eigenvalue weighted by Gasteiger charge is 2.38. The number of methoxy groups -OCH3 is 1. The van der Waals surface area contributed by atoms with Gasteiger partial charge in [0, 0.05) is 11.7 Å². The summed E-state index contributed by atoms with van der Waals surface area (Å²) in [5.41, 5.74) is 0. The Labute approximate surface area is 109 Å². The van der Waals surface area contributed by atoms with Crippen molar-refractivity contribution in [1.82, 2.24) is 4.90 Å².